The molecule has 2 aromatic rings. The third-order valence-electron chi connectivity index (χ3n) is 2.47. The van der Waals surface area contributed by atoms with Crippen LogP contribution in [0.3, 0.4) is 0 Å². The standard InChI is InChI=1S/C10H12Br2N6/c1-18-16-10(15-17-18)5-9(14-13)7-4-6(11)2-3-8(7)12/h2-4,9,14H,5,13H2,1H3. The van der Waals surface area contributed by atoms with Crippen LogP contribution in [0.2, 0.25) is 0 Å². The van der Waals surface area contributed by atoms with Gasteiger partial charge in [-0.15, -0.1) is 10.2 Å². The molecule has 1 aromatic carbocycles. The number of nitrogens with zero attached hydrogens (tertiary/aromatic N) is 4. The number of aromatic nitrogens is 4. The number of nitrogens with one attached hydrogen (secondary N) is 1. The van der Waals surface area contributed by atoms with Crippen molar-refractivity contribution in [2.24, 2.45) is 12.9 Å². The van der Waals surface area contributed by atoms with Gasteiger partial charge in [-0.25, -0.2) is 0 Å². The molecule has 1 aromatic heterocycles. The number of benzene rings is 1. The fraction of sp³-hybridized carbons (Fsp3) is 0.300. The van der Waals surface area contributed by atoms with Crippen molar-refractivity contribution in [1.82, 2.24) is 25.6 Å². The van der Waals surface area contributed by atoms with Gasteiger partial charge in [0.05, 0.1) is 13.1 Å². The van der Waals surface area contributed by atoms with Crippen molar-refractivity contribution in [3.05, 3.63) is 38.5 Å². The molecular formula is C10H12Br2N6. The lowest BCUT2D eigenvalue weighted by atomic mass is 10.0. The van der Waals surface area contributed by atoms with Crippen LogP contribution in [0.4, 0.5) is 0 Å². The summed E-state index contributed by atoms with van der Waals surface area (Å²) in [7, 11) is 1.73. The Balaban J connectivity index is 2.25. The lowest BCUT2D eigenvalue weighted by Gasteiger charge is -2.16. The maximum atomic E-state index is 5.61. The van der Waals surface area contributed by atoms with Crippen molar-refractivity contribution >= 4 is 31.9 Å². The van der Waals surface area contributed by atoms with E-state index in [0.29, 0.717) is 12.2 Å². The molecular weight excluding hydrogens is 364 g/mol. The lowest BCUT2D eigenvalue weighted by Crippen LogP contribution is -2.30. The van der Waals surface area contributed by atoms with Crippen molar-refractivity contribution in [2.75, 3.05) is 0 Å². The van der Waals surface area contributed by atoms with E-state index < -0.39 is 0 Å². The van der Waals surface area contributed by atoms with Crippen LogP contribution in [0.15, 0.2) is 27.1 Å². The summed E-state index contributed by atoms with van der Waals surface area (Å²) in [5.41, 5.74) is 3.82. The summed E-state index contributed by atoms with van der Waals surface area (Å²) in [5, 5.41) is 11.9. The number of rotatable bonds is 4. The van der Waals surface area contributed by atoms with E-state index in [4.69, 9.17) is 5.84 Å². The number of nitrogens with two attached hydrogens (primary N) is 1. The molecule has 18 heavy (non-hydrogen) atoms. The van der Waals surface area contributed by atoms with Crippen molar-refractivity contribution in [1.29, 1.82) is 0 Å². The average molecular weight is 376 g/mol. The molecule has 0 saturated heterocycles. The first kappa shape index (κ1) is 13.6. The number of tetrazole rings is 1. The molecule has 0 aliphatic carbocycles. The summed E-state index contributed by atoms with van der Waals surface area (Å²) < 4.78 is 1.98. The highest BCUT2D eigenvalue weighted by Crippen LogP contribution is 2.28. The summed E-state index contributed by atoms with van der Waals surface area (Å²) >= 11 is 6.96. The van der Waals surface area contributed by atoms with Gasteiger partial charge in [0.1, 0.15) is 0 Å². The van der Waals surface area contributed by atoms with Crippen molar-refractivity contribution in [2.45, 2.75) is 12.5 Å². The Hall–Kier alpha value is -0.830. The highest BCUT2D eigenvalue weighted by Gasteiger charge is 2.16. The maximum Gasteiger partial charge on any atom is 0.176 e. The van der Waals surface area contributed by atoms with Gasteiger partial charge in [-0.1, -0.05) is 31.9 Å². The largest absolute Gasteiger partial charge is 0.271 e. The van der Waals surface area contributed by atoms with Gasteiger partial charge in [-0.05, 0) is 29.0 Å². The van der Waals surface area contributed by atoms with Gasteiger partial charge in [0, 0.05) is 15.4 Å². The molecule has 0 bridgehead atoms. The second kappa shape index (κ2) is 5.87. The zero-order valence-electron chi connectivity index (χ0n) is 9.64. The highest BCUT2D eigenvalue weighted by molar-refractivity contribution is 9.11. The van der Waals surface area contributed by atoms with Gasteiger partial charge in [-0.2, -0.15) is 4.80 Å². The summed E-state index contributed by atoms with van der Waals surface area (Å²) in [5.74, 6) is 6.26. The van der Waals surface area contributed by atoms with Gasteiger partial charge in [0.25, 0.3) is 0 Å². The van der Waals surface area contributed by atoms with Gasteiger partial charge in [0.15, 0.2) is 5.82 Å². The molecule has 0 aliphatic heterocycles. The highest BCUT2D eigenvalue weighted by atomic mass is 79.9. The lowest BCUT2D eigenvalue weighted by molar-refractivity contribution is 0.534. The summed E-state index contributed by atoms with van der Waals surface area (Å²) in [6.07, 6.45) is 0.569. The smallest absolute Gasteiger partial charge is 0.176 e. The minimum atomic E-state index is -0.0823. The Labute approximate surface area is 121 Å². The van der Waals surface area contributed by atoms with Crippen LogP contribution in [-0.4, -0.2) is 20.2 Å². The van der Waals surface area contributed by atoms with Crippen LogP contribution in [0.1, 0.15) is 17.4 Å². The van der Waals surface area contributed by atoms with E-state index in [1.165, 1.54) is 4.80 Å². The summed E-state index contributed by atoms with van der Waals surface area (Å²) in [6, 6.07) is 5.85. The zero-order chi connectivity index (χ0) is 13.1. The summed E-state index contributed by atoms with van der Waals surface area (Å²) in [4.78, 5) is 1.43. The second-order valence-corrected chi connectivity index (χ2v) is 5.55. The molecule has 0 spiro atoms. The van der Waals surface area contributed by atoms with Crippen LogP contribution in [0.25, 0.3) is 0 Å². The number of aryl methyl sites for hydroxylation is 1. The SMILES string of the molecule is Cn1nnc(CC(NN)c2cc(Br)ccc2Br)n1. The van der Waals surface area contributed by atoms with Crippen molar-refractivity contribution in [3.63, 3.8) is 0 Å². The number of hydrogen-bond donors (Lipinski definition) is 2. The Kier molecular flexibility index (Phi) is 4.44. The van der Waals surface area contributed by atoms with Crippen LogP contribution in [0.5, 0.6) is 0 Å². The predicted octanol–water partition coefficient (Wildman–Crippen LogP) is 1.48. The molecule has 0 radical (unpaired) electrons. The predicted molar refractivity (Wildman–Crippen MR) is 74.4 cm³/mol. The minimum Gasteiger partial charge on any atom is -0.271 e. The molecule has 1 heterocycles. The average Bonchev–Trinajstić information content (AvgIpc) is 2.75. The summed E-state index contributed by atoms with van der Waals surface area (Å²) in [6.45, 7) is 0. The quantitative estimate of drug-likeness (QED) is 0.624. The maximum absolute atomic E-state index is 5.61. The molecule has 0 saturated carbocycles. The van der Waals surface area contributed by atoms with E-state index in [0.717, 1.165) is 14.5 Å². The Bertz CT molecular complexity index is 541. The molecule has 0 aliphatic rings. The third kappa shape index (κ3) is 3.14. The van der Waals surface area contributed by atoms with E-state index in [2.05, 4.69) is 52.7 Å². The fourth-order valence-corrected chi connectivity index (χ4v) is 2.53. The molecule has 6 nitrogen and oxygen atoms in total. The molecule has 2 rings (SSSR count). The zero-order valence-corrected chi connectivity index (χ0v) is 12.8. The van der Waals surface area contributed by atoms with Crippen LogP contribution in [-0.2, 0) is 13.5 Å². The topological polar surface area (TPSA) is 81.7 Å². The molecule has 1 atom stereocenters. The van der Waals surface area contributed by atoms with Crippen LogP contribution >= 0.6 is 31.9 Å². The van der Waals surface area contributed by atoms with E-state index >= 15 is 0 Å². The number of halogens is 2. The molecule has 3 N–H and O–H groups in total. The first-order valence-corrected chi connectivity index (χ1v) is 6.82. The van der Waals surface area contributed by atoms with E-state index in [9.17, 15) is 0 Å². The molecule has 1 unspecified atom stereocenters. The van der Waals surface area contributed by atoms with Crippen molar-refractivity contribution < 1.29 is 0 Å². The van der Waals surface area contributed by atoms with Crippen LogP contribution < -0.4 is 11.3 Å². The Morgan fingerprint density at radius 1 is 1.44 bits per heavy atom. The third-order valence-corrected chi connectivity index (χ3v) is 3.69. The number of hydrogen-bond acceptors (Lipinski definition) is 5. The van der Waals surface area contributed by atoms with Gasteiger partial charge < -0.3 is 0 Å². The van der Waals surface area contributed by atoms with E-state index in [1.807, 2.05) is 18.2 Å². The minimum absolute atomic E-state index is 0.0823. The normalized spacial score (nSPS) is 12.7. The molecule has 0 fully saturated rings. The van der Waals surface area contributed by atoms with Gasteiger partial charge in [0.2, 0.25) is 0 Å². The molecule has 8 heteroatoms. The van der Waals surface area contributed by atoms with E-state index in [-0.39, 0.29) is 6.04 Å². The first-order chi connectivity index (χ1) is 8.60. The first-order valence-electron chi connectivity index (χ1n) is 5.24. The fourth-order valence-electron chi connectivity index (χ4n) is 1.63. The Morgan fingerprint density at radius 3 is 2.83 bits per heavy atom. The van der Waals surface area contributed by atoms with Crippen LogP contribution in [0, 0.1) is 0 Å². The monoisotopic (exact) mass is 374 g/mol. The Morgan fingerprint density at radius 2 is 2.22 bits per heavy atom. The molecule has 0 amide bonds. The second-order valence-electron chi connectivity index (χ2n) is 3.78. The van der Waals surface area contributed by atoms with E-state index in [1.54, 1.807) is 7.05 Å². The van der Waals surface area contributed by atoms with Crippen molar-refractivity contribution in [3.8, 4) is 0 Å². The molecule has 96 valence electrons. The van der Waals surface area contributed by atoms with Gasteiger partial charge >= 0.3 is 0 Å². The number of hydrazine groups is 1. The van der Waals surface area contributed by atoms with Gasteiger partial charge in [-0.3, -0.25) is 11.3 Å².